The molecular weight excluding hydrogens is 292 g/mol. The minimum Gasteiger partial charge on any atom is -0.341 e. The van der Waals surface area contributed by atoms with Crippen molar-refractivity contribution < 1.29 is 14.4 Å². The molecule has 23 heavy (non-hydrogen) atoms. The first-order valence-corrected chi connectivity index (χ1v) is 8.87. The van der Waals surface area contributed by atoms with Gasteiger partial charge >= 0.3 is 0 Å². The SMILES string of the molecule is C[C@@H]1CCCN(C(=O)CN2C(=O)[C@@H]3[C@H](C2=O)[C@H]2C=C[C@H]3C2)CC1. The number of rotatable bonds is 2. The monoisotopic (exact) mass is 316 g/mol. The zero-order valence-corrected chi connectivity index (χ0v) is 13.6. The highest BCUT2D eigenvalue weighted by atomic mass is 16.2. The van der Waals surface area contributed by atoms with Crippen molar-refractivity contribution in [2.75, 3.05) is 19.6 Å². The molecule has 4 rings (SSSR count). The Bertz CT molecular complexity index is 555. The number of imide groups is 1. The highest BCUT2D eigenvalue weighted by Crippen LogP contribution is 2.52. The predicted octanol–water partition coefficient (Wildman–Crippen LogP) is 1.44. The highest BCUT2D eigenvalue weighted by Gasteiger charge is 2.59. The summed E-state index contributed by atoms with van der Waals surface area (Å²) in [5.74, 6) is 0.358. The third-order valence-corrected chi connectivity index (χ3v) is 6.22. The zero-order chi connectivity index (χ0) is 16.1. The van der Waals surface area contributed by atoms with Crippen LogP contribution in [0.1, 0.15) is 32.6 Å². The third kappa shape index (κ3) is 2.32. The van der Waals surface area contributed by atoms with Crippen molar-refractivity contribution in [3.8, 4) is 0 Å². The molecule has 0 aromatic heterocycles. The van der Waals surface area contributed by atoms with Crippen molar-refractivity contribution in [1.82, 2.24) is 9.80 Å². The smallest absolute Gasteiger partial charge is 0.242 e. The number of likely N-dealkylation sites (tertiary alicyclic amines) is 2. The van der Waals surface area contributed by atoms with Gasteiger partial charge in [0.1, 0.15) is 6.54 Å². The third-order valence-electron chi connectivity index (χ3n) is 6.22. The van der Waals surface area contributed by atoms with E-state index < -0.39 is 0 Å². The Morgan fingerprint density at radius 1 is 1.09 bits per heavy atom. The van der Waals surface area contributed by atoms with Crippen LogP contribution in [-0.2, 0) is 14.4 Å². The molecule has 0 spiro atoms. The Kier molecular flexibility index (Phi) is 3.54. The minimum atomic E-state index is -0.200. The molecule has 2 aliphatic heterocycles. The van der Waals surface area contributed by atoms with Crippen LogP contribution < -0.4 is 0 Å². The van der Waals surface area contributed by atoms with Crippen molar-refractivity contribution in [3.05, 3.63) is 12.2 Å². The molecule has 1 saturated carbocycles. The first-order valence-electron chi connectivity index (χ1n) is 8.87. The Morgan fingerprint density at radius 3 is 2.39 bits per heavy atom. The fourth-order valence-corrected chi connectivity index (χ4v) is 4.87. The van der Waals surface area contributed by atoms with Gasteiger partial charge in [0.05, 0.1) is 11.8 Å². The van der Waals surface area contributed by atoms with Crippen LogP contribution in [0.2, 0.25) is 0 Å². The van der Waals surface area contributed by atoms with E-state index in [1.807, 2.05) is 4.90 Å². The number of hydrogen-bond donors (Lipinski definition) is 0. The van der Waals surface area contributed by atoms with Crippen molar-refractivity contribution >= 4 is 17.7 Å². The topological polar surface area (TPSA) is 57.7 Å². The predicted molar refractivity (Wildman–Crippen MR) is 84.0 cm³/mol. The number of allylic oxidation sites excluding steroid dienone is 2. The van der Waals surface area contributed by atoms with E-state index in [0.717, 1.165) is 38.8 Å². The van der Waals surface area contributed by atoms with E-state index in [9.17, 15) is 14.4 Å². The van der Waals surface area contributed by atoms with Gasteiger partial charge in [0, 0.05) is 13.1 Å². The number of fused-ring (bicyclic) bond motifs is 5. The van der Waals surface area contributed by atoms with Gasteiger partial charge in [0.25, 0.3) is 0 Å². The molecule has 0 N–H and O–H groups in total. The standard InChI is InChI=1S/C18H24N2O3/c1-11-3-2-7-19(8-6-11)14(21)10-20-17(22)15-12-4-5-13(9-12)16(15)18(20)23/h4-5,11-13,15-16H,2-3,6-10H2,1H3/t11-,12+,13+,15-,16+/m1/s1. The summed E-state index contributed by atoms with van der Waals surface area (Å²) in [5.41, 5.74) is 0. The van der Waals surface area contributed by atoms with E-state index in [0.29, 0.717) is 5.92 Å². The molecule has 2 bridgehead atoms. The number of carbonyl (C=O) groups is 3. The molecule has 3 amide bonds. The fourth-order valence-electron chi connectivity index (χ4n) is 4.87. The van der Waals surface area contributed by atoms with Gasteiger partial charge in [-0.25, -0.2) is 0 Å². The second-order valence-electron chi connectivity index (χ2n) is 7.68. The molecule has 0 aromatic rings. The van der Waals surface area contributed by atoms with Crippen LogP contribution in [0.5, 0.6) is 0 Å². The van der Waals surface area contributed by atoms with Crippen molar-refractivity contribution in [3.63, 3.8) is 0 Å². The molecule has 124 valence electrons. The lowest BCUT2D eigenvalue weighted by atomic mass is 9.85. The van der Waals surface area contributed by atoms with Crippen LogP contribution in [0.4, 0.5) is 0 Å². The number of nitrogens with zero attached hydrogens (tertiary/aromatic N) is 2. The summed E-state index contributed by atoms with van der Waals surface area (Å²) >= 11 is 0. The average Bonchev–Trinajstić information content (AvgIpc) is 3.15. The van der Waals surface area contributed by atoms with Crippen LogP contribution in [-0.4, -0.2) is 47.2 Å². The molecule has 2 aliphatic carbocycles. The van der Waals surface area contributed by atoms with Gasteiger partial charge in [-0.1, -0.05) is 19.1 Å². The maximum atomic E-state index is 12.6. The largest absolute Gasteiger partial charge is 0.341 e. The first kappa shape index (κ1) is 14.9. The molecule has 4 aliphatic rings. The highest BCUT2D eigenvalue weighted by molar-refractivity contribution is 6.08. The molecule has 5 heteroatoms. The van der Waals surface area contributed by atoms with E-state index in [2.05, 4.69) is 19.1 Å². The quantitative estimate of drug-likeness (QED) is 0.572. The summed E-state index contributed by atoms with van der Waals surface area (Å²) in [6, 6.07) is 0. The summed E-state index contributed by atoms with van der Waals surface area (Å²) < 4.78 is 0. The normalized spacial score (nSPS) is 39.1. The van der Waals surface area contributed by atoms with Gasteiger partial charge in [-0.2, -0.15) is 0 Å². The number of amides is 3. The van der Waals surface area contributed by atoms with Gasteiger partial charge in [-0.05, 0) is 43.4 Å². The lowest BCUT2D eigenvalue weighted by Crippen LogP contribution is -2.44. The van der Waals surface area contributed by atoms with Gasteiger partial charge in [0.15, 0.2) is 0 Å². The van der Waals surface area contributed by atoms with Gasteiger partial charge in [0.2, 0.25) is 17.7 Å². The molecular formula is C18H24N2O3. The summed E-state index contributed by atoms with van der Waals surface area (Å²) in [7, 11) is 0. The average molecular weight is 316 g/mol. The van der Waals surface area contributed by atoms with E-state index in [4.69, 9.17) is 0 Å². The second kappa shape index (κ2) is 5.46. The Labute approximate surface area is 136 Å². The van der Waals surface area contributed by atoms with Crippen LogP contribution in [0.3, 0.4) is 0 Å². The maximum absolute atomic E-state index is 12.6. The number of hydrogen-bond acceptors (Lipinski definition) is 3. The van der Waals surface area contributed by atoms with Crippen molar-refractivity contribution in [2.45, 2.75) is 32.6 Å². The maximum Gasteiger partial charge on any atom is 0.242 e. The van der Waals surface area contributed by atoms with Crippen LogP contribution in [0.15, 0.2) is 12.2 Å². The summed E-state index contributed by atoms with van der Waals surface area (Å²) in [6.45, 7) is 3.65. The molecule has 0 aromatic carbocycles. The lowest BCUT2D eigenvalue weighted by Gasteiger charge is -2.24. The molecule has 2 heterocycles. The van der Waals surface area contributed by atoms with E-state index in [-0.39, 0.29) is 47.9 Å². The van der Waals surface area contributed by atoms with Crippen molar-refractivity contribution in [2.24, 2.45) is 29.6 Å². The van der Waals surface area contributed by atoms with E-state index in [1.54, 1.807) is 0 Å². The summed E-state index contributed by atoms with van der Waals surface area (Å²) in [6.07, 6.45) is 8.25. The molecule has 5 nitrogen and oxygen atoms in total. The molecule has 0 radical (unpaired) electrons. The second-order valence-corrected chi connectivity index (χ2v) is 7.68. The summed E-state index contributed by atoms with van der Waals surface area (Å²) in [4.78, 5) is 40.9. The number of carbonyl (C=O) groups excluding carboxylic acids is 3. The van der Waals surface area contributed by atoms with Crippen LogP contribution >= 0.6 is 0 Å². The molecule has 2 saturated heterocycles. The van der Waals surface area contributed by atoms with Crippen LogP contribution in [0, 0.1) is 29.6 Å². The first-order chi connectivity index (χ1) is 11.1. The van der Waals surface area contributed by atoms with Gasteiger partial charge < -0.3 is 4.90 Å². The zero-order valence-electron chi connectivity index (χ0n) is 13.6. The molecule has 0 unspecified atom stereocenters. The molecule has 5 atom stereocenters. The molecule has 3 fully saturated rings. The summed E-state index contributed by atoms with van der Waals surface area (Å²) in [5, 5.41) is 0. The van der Waals surface area contributed by atoms with Gasteiger partial charge in [-0.3, -0.25) is 19.3 Å². The minimum absolute atomic E-state index is 0.0571. The Balaban J connectivity index is 1.44. The van der Waals surface area contributed by atoms with Crippen molar-refractivity contribution in [1.29, 1.82) is 0 Å². The lowest BCUT2D eigenvalue weighted by molar-refractivity contribution is -0.147. The Morgan fingerprint density at radius 2 is 1.74 bits per heavy atom. The Hall–Kier alpha value is -1.65. The van der Waals surface area contributed by atoms with E-state index in [1.165, 1.54) is 4.90 Å². The fraction of sp³-hybridized carbons (Fsp3) is 0.722. The van der Waals surface area contributed by atoms with Gasteiger partial charge in [-0.15, -0.1) is 0 Å². The van der Waals surface area contributed by atoms with Crippen LogP contribution in [0.25, 0.3) is 0 Å². The van der Waals surface area contributed by atoms with E-state index >= 15 is 0 Å².